The molecule has 1 amide bonds. The van der Waals surface area contributed by atoms with Gasteiger partial charge in [-0.1, -0.05) is 23.7 Å². The van der Waals surface area contributed by atoms with Crippen LogP contribution in [0.1, 0.15) is 16.1 Å². The first-order valence-electron chi connectivity index (χ1n) is 7.60. The van der Waals surface area contributed by atoms with E-state index >= 15 is 0 Å². The monoisotopic (exact) mass is 344 g/mol. The van der Waals surface area contributed by atoms with Gasteiger partial charge >= 0.3 is 0 Å². The van der Waals surface area contributed by atoms with E-state index in [0.29, 0.717) is 30.4 Å². The molecule has 3 aromatic rings. The fourth-order valence-corrected chi connectivity index (χ4v) is 3.18. The van der Waals surface area contributed by atoms with Crippen LogP contribution in [0.3, 0.4) is 0 Å². The molecule has 0 spiro atoms. The highest BCUT2D eigenvalue weighted by Crippen LogP contribution is 2.36. The number of amides is 1. The van der Waals surface area contributed by atoms with Crippen LogP contribution in [0.15, 0.2) is 42.5 Å². The van der Waals surface area contributed by atoms with Crippen molar-refractivity contribution in [2.24, 2.45) is 0 Å². The van der Waals surface area contributed by atoms with Gasteiger partial charge < -0.3 is 14.6 Å². The Morgan fingerprint density at radius 1 is 1.25 bits per heavy atom. The molecule has 0 aliphatic carbocycles. The summed E-state index contributed by atoms with van der Waals surface area (Å²) in [6, 6.07) is 11.4. The first-order chi connectivity index (χ1) is 11.6. The quantitative estimate of drug-likeness (QED) is 0.786. The summed E-state index contributed by atoms with van der Waals surface area (Å²) in [7, 11) is 0. The fraction of sp³-hybridized carbons (Fsp3) is 0.167. The highest BCUT2D eigenvalue weighted by atomic mass is 35.5. The third-order valence-electron chi connectivity index (χ3n) is 4.14. The minimum Gasteiger partial charge on any atom is -0.490 e. The number of carbonyl (C=O) groups excluding carboxylic acids is 1. The summed E-state index contributed by atoms with van der Waals surface area (Å²) in [5, 5.41) is 4.26. The molecule has 4 nitrogen and oxygen atoms in total. The Bertz CT molecular complexity index is 934. The maximum Gasteiger partial charge on any atom is 0.268 e. The van der Waals surface area contributed by atoms with Crippen LogP contribution in [0.2, 0.25) is 5.02 Å². The van der Waals surface area contributed by atoms with Gasteiger partial charge in [0.2, 0.25) is 0 Å². The lowest BCUT2D eigenvalue weighted by atomic mass is 10.2. The molecule has 0 atom stereocenters. The van der Waals surface area contributed by atoms with E-state index in [1.54, 1.807) is 24.3 Å². The van der Waals surface area contributed by atoms with E-state index in [4.69, 9.17) is 16.3 Å². The summed E-state index contributed by atoms with van der Waals surface area (Å²) in [6.07, 6.45) is 0. The van der Waals surface area contributed by atoms with Gasteiger partial charge in [0.05, 0.1) is 17.1 Å². The second kappa shape index (κ2) is 5.83. The number of halogens is 2. The summed E-state index contributed by atoms with van der Waals surface area (Å²) >= 11 is 6.25. The number of ether oxygens (including phenoxy) is 1. The van der Waals surface area contributed by atoms with Gasteiger partial charge in [-0.05, 0) is 35.9 Å². The molecule has 0 saturated heterocycles. The lowest BCUT2D eigenvalue weighted by Gasteiger charge is -2.19. The van der Waals surface area contributed by atoms with E-state index in [1.165, 1.54) is 12.1 Å². The van der Waals surface area contributed by atoms with E-state index in [1.807, 2.05) is 10.6 Å². The molecule has 4 rings (SSSR count). The predicted octanol–water partition coefficient (Wildman–Crippen LogP) is 3.76. The summed E-state index contributed by atoms with van der Waals surface area (Å²) in [4.78, 5) is 12.6. The molecule has 0 saturated carbocycles. The van der Waals surface area contributed by atoms with Crippen molar-refractivity contribution < 1.29 is 13.9 Å². The Morgan fingerprint density at radius 3 is 2.83 bits per heavy atom. The van der Waals surface area contributed by atoms with Gasteiger partial charge in [0.25, 0.3) is 5.91 Å². The van der Waals surface area contributed by atoms with E-state index in [-0.39, 0.29) is 11.7 Å². The summed E-state index contributed by atoms with van der Waals surface area (Å²) in [6.45, 7) is 1.44. The summed E-state index contributed by atoms with van der Waals surface area (Å²) < 4.78 is 20.5. The Kier molecular flexibility index (Phi) is 3.65. The van der Waals surface area contributed by atoms with E-state index < -0.39 is 0 Å². The third-order valence-corrected chi connectivity index (χ3v) is 4.47. The highest BCUT2D eigenvalue weighted by molar-refractivity contribution is 6.36. The van der Waals surface area contributed by atoms with Crippen molar-refractivity contribution in [1.29, 1.82) is 0 Å². The van der Waals surface area contributed by atoms with Gasteiger partial charge in [0, 0.05) is 11.9 Å². The molecule has 0 fully saturated rings. The number of hydrogen-bond acceptors (Lipinski definition) is 2. The molecule has 0 bridgehead atoms. The Balaban J connectivity index is 1.64. The van der Waals surface area contributed by atoms with Crippen molar-refractivity contribution in [3.63, 3.8) is 0 Å². The zero-order valence-electron chi connectivity index (χ0n) is 12.7. The van der Waals surface area contributed by atoms with Crippen molar-refractivity contribution in [2.45, 2.75) is 13.1 Å². The van der Waals surface area contributed by atoms with Gasteiger partial charge in [-0.3, -0.25) is 4.79 Å². The lowest BCUT2D eigenvalue weighted by Crippen LogP contribution is -2.27. The minimum absolute atomic E-state index is 0.195. The number of nitrogens with zero attached hydrogens (tertiary/aromatic N) is 1. The van der Waals surface area contributed by atoms with Crippen molar-refractivity contribution in [1.82, 2.24) is 9.88 Å². The molecule has 1 N–H and O–H groups in total. The highest BCUT2D eigenvalue weighted by Gasteiger charge is 2.22. The fourth-order valence-electron chi connectivity index (χ4n) is 2.97. The van der Waals surface area contributed by atoms with Crippen molar-refractivity contribution in [2.75, 3.05) is 6.61 Å². The minimum atomic E-state index is -0.297. The maximum atomic E-state index is 12.9. The lowest BCUT2D eigenvalue weighted by molar-refractivity contribution is 0.0940. The SMILES string of the molecule is O=C(NCc1ccc(F)cc1)c1cc2c(Cl)ccc3c2n1CCO3. The Morgan fingerprint density at radius 2 is 2.04 bits per heavy atom. The second-order valence-corrected chi connectivity index (χ2v) is 6.05. The second-order valence-electron chi connectivity index (χ2n) is 5.65. The number of rotatable bonds is 3. The normalized spacial score (nSPS) is 12.9. The molecular weight excluding hydrogens is 331 g/mol. The number of nitrogens with one attached hydrogen (secondary N) is 1. The van der Waals surface area contributed by atoms with Crippen LogP contribution in [-0.4, -0.2) is 17.1 Å². The standard InChI is InChI=1S/C18H14ClFN2O2/c19-14-5-6-16-17-13(14)9-15(22(17)7-8-24-16)18(23)21-10-11-1-3-12(20)4-2-11/h1-6,9H,7-8,10H2,(H,21,23). The third kappa shape index (κ3) is 2.51. The molecule has 0 radical (unpaired) electrons. The maximum absolute atomic E-state index is 12.9. The zero-order chi connectivity index (χ0) is 16.7. The van der Waals surface area contributed by atoms with Crippen LogP contribution in [0.4, 0.5) is 4.39 Å². The van der Waals surface area contributed by atoms with Crippen molar-refractivity contribution in [3.8, 4) is 5.75 Å². The van der Waals surface area contributed by atoms with E-state index in [2.05, 4.69) is 5.32 Å². The number of hydrogen-bond donors (Lipinski definition) is 1. The molecule has 24 heavy (non-hydrogen) atoms. The molecule has 0 unspecified atom stereocenters. The van der Waals surface area contributed by atoms with Crippen molar-refractivity contribution >= 4 is 28.4 Å². The van der Waals surface area contributed by atoms with Crippen LogP contribution in [0.25, 0.3) is 10.9 Å². The topological polar surface area (TPSA) is 43.3 Å². The predicted molar refractivity (Wildman–Crippen MR) is 90.0 cm³/mol. The Labute approximate surface area is 142 Å². The van der Waals surface area contributed by atoms with Gasteiger partial charge in [0.1, 0.15) is 23.9 Å². The number of carbonyl (C=O) groups is 1. The summed E-state index contributed by atoms with van der Waals surface area (Å²) in [5.74, 6) is 0.243. The molecule has 122 valence electrons. The van der Waals surface area contributed by atoms with Crippen LogP contribution >= 0.6 is 11.6 Å². The van der Waals surface area contributed by atoms with E-state index in [0.717, 1.165) is 22.2 Å². The number of aromatic nitrogens is 1. The first-order valence-corrected chi connectivity index (χ1v) is 7.98. The smallest absolute Gasteiger partial charge is 0.268 e. The molecule has 1 aromatic heterocycles. The van der Waals surface area contributed by atoms with Crippen LogP contribution < -0.4 is 10.1 Å². The average molecular weight is 345 g/mol. The van der Waals surface area contributed by atoms with E-state index in [9.17, 15) is 9.18 Å². The summed E-state index contributed by atoms with van der Waals surface area (Å²) in [5.41, 5.74) is 2.23. The van der Waals surface area contributed by atoms with Crippen molar-refractivity contribution in [3.05, 3.63) is 64.6 Å². The molecular formula is C18H14ClFN2O2. The molecule has 1 aliphatic rings. The molecule has 2 heterocycles. The van der Waals surface area contributed by atoms with Crippen LogP contribution in [-0.2, 0) is 13.1 Å². The molecule has 6 heteroatoms. The van der Waals surface area contributed by atoms with Gasteiger partial charge in [-0.2, -0.15) is 0 Å². The molecule has 2 aromatic carbocycles. The first kappa shape index (κ1) is 15.0. The molecule has 1 aliphatic heterocycles. The van der Waals surface area contributed by atoms with Gasteiger partial charge in [-0.15, -0.1) is 0 Å². The zero-order valence-corrected chi connectivity index (χ0v) is 13.4. The van der Waals surface area contributed by atoms with Crippen LogP contribution in [0, 0.1) is 5.82 Å². The largest absolute Gasteiger partial charge is 0.490 e. The van der Waals surface area contributed by atoms with Crippen LogP contribution in [0.5, 0.6) is 5.75 Å². The Hall–Kier alpha value is -2.53. The average Bonchev–Trinajstić information content (AvgIpc) is 2.99. The number of benzene rings is 2. The van der Waals surface area contributed by atoms with Gasteiger partial charge in [0.15, 0.2) is 0 Å². The van der Waals surface area contributed by atoms with Gasteiger partial charge in [-0.25, -0.2) is 4.39 Å².